The zero-order chi connectivity index (χ0) is 12.0. The highest BCUT2D eigenvalue weighted by Gasteiger charge is 2.07. The van der Waals surface area contributed by atoms with Crippen molar-refractivity contribution in [2.75, 3.05) is 0 Å². The van der Waals surface area contributed by atoms with Gasteiger partial charge in [-0.05, 0) is 24.8 Å². The molecule has 86 valence electrons. The van der Waals surface area contributed by atoms with Gasteiger partial charge >= 0.3 is 6.03 Å². The summed E-state index contributed by atoms with van der Waals surface area (Å²) in [5, 5.41) is 3.91. The normalized spacial score (nSPS) is 13.2. The van der Waals surface area contributed by atoms with Crippen molar-refractivity contribution < 1.29 is 4.79 Å². The van der Waals surface area contributed by atoms with Crippen molar-refractivity contribution in [2.45, 2.75) is 20.3 Å². The van der Waals surface area contributed by atoms with Crippen molar-refractivity contribution in [2.24, 2.45) is 16.8 Å². The summed E-state index contributed by atoms with van der Waals surface area (Å²) in [5.74, 6) is 0.272. The topological polar surface area (TPSA) is 67.5 Å². The summed E-state index contributed by atoms with van der Waals surface area (Å²) in [6.07, 6.45) is 0.899. The molecule has 4 nitrogen and oxygen atoms in total. The Hall–Kier alpha value is -1.84. The molecule has 1 aromatic carbocycles. The predicted molar refractivity (Wildman–Crippen MR) is 65.1 cm³/mol. The maximum absolute atomic E-state index is 10.5. The van der Waals surface area contributed by atoms with E-state index in [1.165, 1.54) is 5.56 Å². The van der Waals surface area contributed by atoms with Crippen LogP contribution in [0.15, 0.2) is 35.4 Å². The maximum Gasteiger partial charge on any atom is 0.332 e. The largest absolute Gasteiger partial charge is 0.350 e. The number of carbonyl (C=O) groups is 1. The van der Waals surface area contributed by atoms with Crippen LogP contribution in [0.25, 0.3) is 0 Å². The van der Waals surface area contributed by atoms with E-state index in [1.807, 2.05) is 25.1 Å². The van der Waals surface area contributed by atoms with Gasteiger partial charge in [0.05, 0.1) is 0 Å². The Morgan fingerprint density at radius 1 is 1.44 bits per heavy atom. The van der Waals surface area contributed by atoms with E-state index < -0.39 is 6.03 Å². The van der Waals surface area contributed by atoms with Crippen LogP contribution in [-0.4, -0.2) is 11.7 Å². The summed E-state index contributed by atoms with van der Waals surface area (Å²) >= 11 is 0. The summed E-state index contributed by atoms with van der Waals surface area (Å²) in [6, 6.07) is 9.53. The molecule has 0 heterocycles. The van der Waals surface area contributed by atoms with Gasteiger partial charge in [0.25, 0.3) is 0 Å². The average Bonchev–Trinajstić information content (AvgIpc) is 2.27. The third kappa shape index (κ3) is 4.13. The fourth-order valence-corrected chi connectivity index (χ4v) is 1.37. The van der Waals surface area contributed by atoms with Gasteiger partial charge in [0, 0.05) is 5.71 Å². The van der Waals surface area contributed by atoms with Crippen molar-refractivity contribution in [3.63, 3.8) is 0 Å². The molecule has 1 aromatic rings. The number of nitrogens with zero attached hydrogens (tertiary/aromatic N) is 1. The minimum atomic E-state index is -0.633. The van der Waals surface area contributed by atoms with Crippen molar-refractivity contribution in [3.8, 4) is 0 Å². The van der Waals surface area contributed by atoms with Crippen LogP contribution < -0.4 is 11.2 Å². The van der Waals surface area contributed by atoms with Gasteiger partial charge in [0.1, 0.15) is 0 Å². The number of hydrazone groups is 1. The van der Waals surface area contributed by atoms with Gasteiger partial charge < -0.3 is 5.73 Å². The number of hydrogen-bond acceptors (Lipinski definition) is 2. The van der Waals surface area contributed by atoms with Crippen molar-refractivity contribution in [3.05, 3.63) is 35.9 Å². The first-order chi connectivity index (χ1) is 7.59. The monoisotopic (exact) mass is 219 g/mol. The van der Waals surface area contributed by atoms with E-state index >= 15 is 0 Å². The highest BCUT2D eigenvalue weighted by Crippen LogP contribution is 2.09. The second-order valence-corrected chi connectivity index (χ2v) is 3.82. The molecule has 4 heteroatoms. The molecule has 0 aliphatic rings. The molecule has 0 saturated carbocycles. The minimum absolute atomic E-state index is 0.272. The lowest BCUT2D eigenvalue weighted by atomic mass is 9.97. The molecule has 2 amide bonds. The Morgan fingerprint density at radius 3 is 2.62 bits per heavy atom. The second kappa shape index (κ2) is 5.90. The molecule has 0 aromatic heterocycles. The highest BCUT2D eigenvalue weighted by atomic mass is 16.2. The molecular weight excluding hydrogens is 202 g/mol. The second-order valence-electron chi connectivity index (χ2n) is 3.82. The SMILES string of the molecule is CC(=NNC(N)=O)[C@@H](C)Cc1ccccc1. The lowest BCUT2D eigenvalue weighted by molar-refractivity contribution is 0.249. The maximum atomic E-state index is 10.5. The van der Waals surface area contributed by atoms with Crippen LogP contribution in [0.3, 0.4) is 0 Å². The summed E-state index contributed by atoms with van der Waals surface area (Å²) in [6.45, 7) is 3.94. The quantitative estimate of drug-likeness (QED) is 0.589. The van der Waals surface area contributed by atoms with Crippen LogP contribution >= 0.6 is 0 Å². The third-order valence-corrected chi connectivity index (χ3v) is 2.44. The van der Waals surface area contributed by atoms with E-state index in [0.29, 0.717) is 0 Å². The number of nitrogens with two attached hydrogens (primary N) is 1. The highest BCUT2D eigenvalue weighted by molar-refractivity contribution is 5.85. The van der Waals surface area contributed by atoms with Crippen LogP contribution in [0.1, 0.15) is 19.4 Å². The Bertz CT molecular complexity index is 373. The predicted octanol–water partition coefficient (Wildman–Crippen LogP) is 1.91. The first-order valence-electron chi connectivity index (χ1n) is 5.23. The summed E-state index contributed by atoms with van der Waals surface area (Å²) in [7, 11) is 0. The molecule has 0 aliphatic heterocycles. The van der Waals surface area contributed by atoms with Crippen LogP contribution in [0, 0.1) is 5.92 Å². The third-order valence-electron chi connectivity index (χ3n) is 2.44. The molecule has 1 atom stereocenters. The number of rotatable bonds is 4. The van der Waals surface area contributed by atoms with Gasteiger partial charge in [-0.25, -0.2) is 10.2 Å². The number of urea groups is 1. The van der Waals surface area contributed by atoms with E-state index in [9.17, 15) is 4.79 Å². The summed E-state index contributed by atoms with van der Waals surface area (Å²) < 4.78 is 0. The number of nitrogens with one attached hydrogen (secondary N) is 1. The molecule has 0 radical (unpaired) electrons. The molecule has 1 rings (SSSR count). The average molecular weight is 219 g/mol. The van der Waals surface area contributed by atoms with Gasteiger partial charge in [0.2, 0.25) is 0 Å². The molecule has 0 saturated heterocycles. The van der Waals surface area contributed by atoms with E-state index in [0.717, 1.165) is 12.1 Å². The Kier molecular flexibility index (Phi) is 4.51. The number of primary amides is 1. The molecule has 0 aliphatic carbocycles. The minimum Gasteiger partial charge on any atom is -0.350 e. The number of hydrogen-bond donors (Lipinski definition) is 2. The number of amides is 2. The summed E-state index contributed by atoms with van der Waals surface area (Å²) in [4.78, 5) is 10.5. The standard InChI is InChI=1S/C12H17N3O/c1-9(10(2)14-15-12(13)16)8-11-6-4-3-5-7-11/h3-7,9H,8H2,1-2H3,(H3,13,15,16)/t9-/m0/s1. The van der Waals surface area contributed by atoms with Crippen molar-refractivity contribution in [1.29, 1.82) is 0 Å². The van der Waals surface area contributed by atoms with Crippen LogP contribution in [0.2, 0.25) is 0 Å². The molecule has 0 unspecified atom stereocenters. The fraction of sp³-hybridized carbons (Fsp3) is 0.333. The lowest BCUT2D eigenvalue weighted by Crippen LogP contribution is -2.26. The van der Waals surface area contributed by atoms with Gasteiger partial charge in [-0.1, -0.05) is 37.3 Å². The lowest BCUT2D eigenvalue weighted by Gasteiger charge is -2.10. The zero-order valence-electron chi connectivity index (χ0n) is 9.60. The fourth-order valence-electron chi connectivity index (χ4n) is 1.37. The molecule has 0 fully saturated rings. The van der Waals surface area contributed by atoms with Gasteiger partial charge in [-0.3, -0.25) is 0 Å². The van der Waals surface area contributed by atoms with Crippen LogP contribution in [0.5, 0.6) is 0 Å². The molecule has 0 bridgehead atoms. The van der Waals surface area contributed by atoms with Crippen LogP contribution in [0.4, 0.5) is 4.79 Å². The van der Waals surface area contributed by atoms with Crippen molar-refractivity contribution in [1.82, 2.24) is 5.43 Å². The van der Waals surface area contributed by atoms with Gasteiger partial charge in [-0.2, -0.15) is 5.10 Å². The first-order valence-corrected chi connectivity index (χ1v) is 5.23. The molecule has 3 N–H and O–H groups in total. The number of carbonyl (C=O) groups excluding carboxylic acids is 1. The van der Waals surface area contributed by atoms with Crippen molar-refractivity contribution >= 4 is 11.7 Å². The molecular formula is C12H17N3O. The van der Waals surface area contributed by atoms with E-state index in [2.05, 4.69) is 29.6 Å². The smallest absolute Gasteiger partial charge is 0.332 e. The van der Waals surface area contributed by atoms with E-state index in [-0.39, 0.29) is 5.92 Å². The molecule has 16 heavy (non-hydrogen) atoms. The van der Waals surface area contributed by atoms with Crippen LogP contribution in [-0.2, 0) is 6.42 Å². The number of benzene rings is 1. The van der Waals surface area contributed by atoms with E-state index in [4.69, 9.17) is 5.73 Å². The Morgan fingerprint density at radius 2 is 2.06 bits per heavy atom. The first kappa shape index (κ1) is 12.2. The molecule has 0 spiro atoms. The zero-order valence-corrected chi connectivity index (χ0v) is 9.60. The van der Waals surface area contributed by atoms with E-state index in [1.54, 1.807) is 0 Å². The van der Waals surface area contributed by atoms with Gasteiger partial charge in [0.15, 0.2) is 0 Å². The summed E-state index contributed by atoms with van der Waals surface area (Å²) in [5.41, 5.74) is 9.29. The Labute approximate surface area is 95.5 Å². The van der Waals surface area contributed by atoms with Gasteiger partial charge in [-0.15, -0.1) is 0 Å². The Balaban J connectivity index is 2.55.